The van der Waals surface area contributed by atoms with Crippen LogP contribution in [0.25, 0.3) is 0 Å². The minimum absolute atomic E-state index is 0.0809. The second-order valence-corrected chi connectivity index (χ2v) is 7.88. The molecular formula is C23H25N5O3. The second-order valence-electron chi connectivity index (χ2n) is 7.88. The Bertz CT molecular complexity index is 1120. The molecule has 2 N–H and O–H groups in total. The van der Waals surface area contributed by atoms with Crippen molar-refractivity contribution in [1.82, 2.24) is 15.1 Å². The Labute approximate surface area is 180 Å². The lowest BCUT2D eigenvalue weighted by Crippen LogP contribution is -2.23. The molecule has 31 heavy (non-hydrogen) atoms. The van der Waals surface area contributed by atoms with Crippen molar-refractivity contribution < 1.29 is 9.72 Å². The minimum Gasteiger partial charge on any atom is -0.377 e. The Morgan fingerprint density at radius 1 is 1.19 bits per heavy atom. The van der Waals surface area contributed by atoms with Crippen LogP contribution in [0.15, 0.2) is 48.5 Å². The molecule has 0 spiro atoms. The van der Waals surface area contributed by atoms with Crippen LogP contribution in [0.5, 0.6) is 0 Å². The number of aromatic nitrogens is 2. The highest BCUT2D eigenvalue weighted by Gasteiger charge is 2.25. The lowest BCUT2D eigenvalue weighted by Gasteiger charge is -2.09. The first-order valence-corrected chi connectivity index (χ1v) is 10.3. The fourth-order valence-electron chi connectivity index (χ4n) is 3.56. The van der Waals surface area contributed by atoms with Gasteiger partial charge in [-0.15, -0.1) is 0 Å². The summed E-state index contributed by atoms with van der Waals surface area (Å²) in [4.78, 5) is 23.7. The minimum atomic E-state index is -0.455. The molecular weight excluding hydrogens is 394 g/mol. The summed E-state index contributed by atoms with van der Waals surface area (Å²) >= 11 is 0. The molecule has 8 heteroatoms. The van der Waals surface area contributed by atoms with Gasteiger partial charge in [0.2, 0.25) is 0 Å². The van der Waals surface area contributed by atoms with Crippen molar-refractivity contribution in [3.63, 3.8) is 0 Å². The van der Waals surface area contributed by atoms with Gasteiger partial charge in [0.15, 0.2) is 0 Å². The van der Waals surface area contributed by atoms with Crippen LogP contribution in [0.2, 0.25) is 0 Å². The van der Waals surface area contributed by atoms with E-state index in [0.29, 0.717) is 18.8 Å². The zero-order valence-electron chi connectivity index (χ0n) is 17.6. The number of anilines is 1. The topological polar surface area (TPSA) is 102 Å². The van der Waals surface area contributed by atoms with Crippen LogP contribution in [-0.2, 0) is 13.1 Å². The molecule has 4 rings (SSSR count). The maximum absolute atomic E-state index is 12.7. The molecule has 1 aromatic heterocycles. The number of amides is 1. The Balaban J connectivity index is 1.46. The lowest BCUT2D eigenvalue weighted by molar-refractivity contribution is -0.384. The predicted molar refractivity (Wildman–Crippen MR) is 118 cm³/mol. The van der Waals surface area contributed by atoms with E-state index in [9.17, 15) is 14.9 Å². The average Bonchev–Trinajstić information content (AvgIpc) is 3.53. The van der Waals surface area contributed by atoms with Gasteiger partial charge in [0, 0.05) is 35.5 Å². The van der Waals surface area contributed by atoms with Crippen LogP contribution in [0.1, 0.15) is 45.7 Å². The molecule has 2 aromatic carbocycles. The summed E-state index contributed by atoms with van der Waals surface area (Å²) in [6, 6.07) is 14.9. The van der Waals surface area contributed by atoms with Crippen molar-refractivity contribution in [2.45, 2.75) is 45.8 Å². The molecule has 3 aromatic rings. The highest BCUT2D eigenvalue weighted by Crippen LogP contribution is 2.31. The molecule has 1 amide bonds. The molecule has 1 heterocycles. The van der Waals surface area contributed by atoms with Gasteiger partial charge in [0.05, 0.1) is 17.2 Å². The van der Waals surface area contributed by atoms with Crippen molar-refractivity contribution in [2.75, 3.05) is 5.32 Å². The van der Waals surface area contributed by atoms with Gasteiger partial charge in [-0.3, -0.25) is 19.6 Å². The van der Waals surface area contributed by atoms with Gasteiger partial charge in [-0.05, 0) is 44.4 Å². The number of carbonyl (C=O) groups excluding carboxylic acids is 1. The number of hydrogen-bond acceptors (Lipinski definition) is 5. The zero-order valence-corrected chi connectivity index (χ0v) is 17.6. The van der Waals surface area contributed by atoms with Gasteiger partial charge in [-0.25, -0.2) is 0 Å². The van der Waals surface area contributed by atoms with E-state index in [-0.39, 0.29) is 23.2 Å². The summed E-state index contributed by atoms with van der Waals surface area (Å²) in [7, 11) is 0. The van der Waals surface area contributed by atoms with Crippen LogP contribution >= 0.6 is 0 Å². The summed E-state index contributed by atoms with van der Waals surface area (Å²) < 4.78 is 1.93. The maximum atomic E-state index is 12.7. The molecule has 8 nitrogen and oxygen atoms in total. The summed E-state index contributed by atoms with van der Waals surface area (Å²) in [5.74, 6) is -0.351. The smallest absolute Gasteiger partial charge is 0.293 e. The Hall–Kier alpha value is -3.68. The van der Waals surface area contributed by atoms with Gasteiger partial charge in [-0.2, -0.15) is 5.10 Å². The second kappa shape index (κ2) is 8.59. The van der Waals surface area contributed by atoms with Crippen molar-refractivity contribution in [2.24, 2.45) is 0 Å². The third-order valence-corrected chi connectivity index (χ3v) is 5.53. The molecule has 1 fully saturated rings. The Morgan fingerprint density at radius 3 is 2.61 bits per heavy atom. The number of nitro groups is 1. The van der Waals surface area contributed by atoms with Gasteiger partial charge in [0.25, 0.3) is 11.6 Å². The highest BCUT2D eigenvalue weighted by molar-refractivity contribution is 5.95. The first-order valence-electron chi connectivity index (χ1n) is 10.3. The van der Waals surface area contributed by atoms with Crippen LogP contribution < -0.4 is 10.6 Å². The molecule has 1 saturated carbocycles. The molecule has 160 valence electrons. The molecule has 0 aliphatic heterocycles. The normalized spacial score (nSPS) is 13.1. The summed E-state index contributed by atoms with van der Waals surface area (Å²) in [6.45, 7) is 4.86. The van der Waals surface area contributed by atoms with E-state index >= 15 is 0 Å². The molecule has 1 aliphatic carbocycles. The molecule has 0 radical (unpaired) electrons. The number of nitro benzene ring substituents is 1. The SMILES string of the molecule is Cc1nn(Cc2ccccc2)c(C)c1CNC(=O)c1ccc(NC2CC2)c([N+](=O)[O-])c1. The first kappa shape index (κ1) is 20.6. The highest BCUT2D eigenvalue weighted by atomic mass is 16.6. The number of nitrogens with zero attached hydrogens (tertiary/aromatic N) is 3. The number of nitrogens with one attached hydrogen (secondary N) is 2. The molecule has 0 saturated heterocycles. The van der Waals surface area contributed by atoms with E-state index in [1.165, 1.54) is 6.07 Å². The quantitative estimate of drug-likeness (QED) is 0.425. The number of carbonyl (C=O) groups is 1. The summed E-state index contributed by atoms with van der Waals surface area (Å²) in [5, 5.41) is 22.1. The van der Waals surface area contributed by atoms with Gasteiger partial charge >= 0.3 is 0 Å². The Morgan fingerprint density at radius 2 is 1.94 bits per heavy atom. The van der Waals surface area contributed by atoms with Crippen molar-refractivity contribution in [3.05, 3.63) is 86.7 Å². The first-order chi connectivity index (χ1) is 14.9. The van der Waals surface area contributed by atoms with Crippen LogP contribution in [0, 0.1) is 24.0 Å². The average molecular weight is 419 g/mol. The van der Waals surface area contributed by atoms with E-state index in [2.05, 4.69) is 15.7 Å². The van der Waals surface area contributed by atoms with Gasteiger partial charge in [-0.1, -0.05) is 30.3 Å². The maximum Gasteiger partial charge on any atom is 0.293 e. The summed E-state index contributed by atoms with van der Waals surface area (Å²) in [5.41, 5.74) is 4.57. The third-order valence-electron chi connectivity index (χ3n) is 5.53. The van der Waals surface area contributed by atoms with E-state index in [1.807, 2.05) is 48.9 Å². The van der Waals surface area contributed by atoms with E-state index < -0.39 is 4.92 Å². The number of benzene rings is 2. The van der Waals surface area contributed by atoms with E-state index in [4.69, 9.17) is 0 Å². The monoisotopic (exact) mass is 419 g/mol. The van der Waals surface area contributed by atoms with Gasteiger partial charge < -0.3 is 10.6 Å². The lowest BCUT2D eigenvalue weighted by atomic mass is 10.1. The fourth-order valence-corrected chi connectivity index (χ4v) is 3.56. The number of aryl methyl sites for hydroxylation is 1. The largest absolute Gasteiger partial charge is 0.377 e. The standard InChI is InChI=1S/C23H25N5O3/c1-15-20(16(2)27(26-15)14-17-6-4-3-5-7-17)13-24-23(29)18-8-11-21(25-19-9-10-19)22(12-18)28(30)31/h3-8,11-12,19,25H,9-10,13-14H2,1-2H3,(H,24,29). The predicted octanol–water partition coefficient (Wildman–Crippen LogP) is 3.96. The van der Waals surface area contributed by atoms with Crippen LogP contribution in [0.3, 0.4) is 0 Å². The number of rotatable bonds is 8. The molecule has 0 bridgehead atoms. The van der Waals surface area contributed by atoms with E-state index in [1.54, 1.807) is 12.1 Å². The molecule has 0 atom stereocenters. The van der Waals surface area contributed by atoms with Crippen molar-refractivity contribution in [3.8, 4) is 0 Å². The Kier molecular flexibility index (Phi) is 5.70. The zero-order chi connectivity index (χ0) is 22.0. The van der Waals surface area contributed by atoms with E-state index in [0.717, 1.165) is 35.4 Å². The summed E-state index contributed by atoms with van der Waals surface area (Å²) in [6.07, 6.45) is 2.02. The van der Waals surface area contributed by atoms with Crippen LogP contribution in [0.4, 0.5) is 11.4 Å². The van der Waals surface area contributed by atoms with Crippen molar-refractivity contribution >= 4 is 17.3 Å². The number of hydrogen-bond donors (Lipinski definition) is 2. The van der Waals surface area contributed by atoms with Crippen molar-refractivity contribution in [1.29, 1.82) is 0 Å². The molecule has 1 aliphatic rings. The van der Waals surface area contributed by atoms with Gasteiger partial charge in [0.1, 0.15) is 5.69 Å². The van der Waals surface area contributed by atoms with Crippen LogP contribution in [-0.4, -0.2) is 26.7 Å². The fraction of sp³-hybridized carbons (Fsp3) is 0.304. The molecule has 0 unspecified atom stereocenters. The third kappa shape index (κ3) is 4.74.